The fourth-order valence-electron chi connectivity index (χ4n) is 5.63. The third kappa shape index (κ3) is 3.17. The van der Waals surface area contributed by atoms with Crippen molar-refractivity contribution in [3.63, 3.8) is 0 Å². The number of nitrogens with two attached hydrogens (primary N) is 1. The molecule has 0 spiro atoms. The van der Waals surface area contributed by atoms with E-state index in [1.165, 1.54) is 18.6 Å². The van der Waals surface area contributed by atoms with Crippen LogP contribution in [0.4, 0.5) is 0 Å². The normalized spacial score (nSPS) is 45.0. The Bertz CT molecular complexity index is 452. The number of ether oxygens (including phenoxy) is 1. The quantitative estimate of drug-likeness (QED) is 0.803. The molecule has 3 fully saturated rings. The van der Waals surface area contributed by atoms with E-state index in [0.717, 1.165) is 38.8 Å². The second-order valence-corrected chi connectivity index (χ2v) is 7.93. The highest BCUT2D eigenvalue weighted by Gasteiger charge is 2.58. The number of likely N-dealkylation sites (N-methyl/N-ethyl adjacent to an activating group) is 1. The Balaban J connectivity index is 1.85. The van der Waals surface area contributed by atoms with E-state index < -0.39 is 0 Å². The molecule has 2 aliphatic carbocycles. The summed E-state index contributed by atoms with van der Waals surface area (Å²) in [5, 5.41) is 0. The lowest BCUT2D eigenvalue weighted by Crippen LogP contribution is -2.67. The summed E-state index contributed by atoms with van der Waals surface area (Å²) in [7, 11) is 0. The van der Waals surface area contributed by atoms with Gasteiger partial charge in [0.2, 0.25) is 12.2 Å². The number of fused-ring (bicyclic) bond motifs is 2. The van der Waals surface area contributed by atoms with Gasteiger partial charge >= 0.3 is 0 Å². The first-order chi connectivity index (χ1) is 11.6. The van der Waals surface area contributed by atoms with Crippen LogP contribution >= 0.6 is 0 Å². The SMILES string of the molecule is CCN=C1CC2C(CC1CC)[O+]C1C(CC)C(N)CCC1N2CC. The summed E-state index contributed by atoms with van der Waals surface area (Å²) in [5.41, 5.74) is 7.89. The highest BCUT2D eigenvalue weighted by molar-refractivity contribution is 5.88. The highest BCUT2D eigenvalue weighted by atomic mass is 16.5. The Morgan fingerprint density at radius 2 is 1.92 bits per heavy atom. The molecule has 0 aromatic carbocycles. The van der Waals surface area contributed by atoms with E-state index in [0.29, 0.717) is 42.2 Å². The fourth-order valence-corrected chi connectivity index (χ4v) is 5.63. The minimum atomic E-state index is 0.314. The van der Waals surface area contributed by atoms with Crippen LogP contribution in [0.5, 0.6) is 0 Å². The molecular formula is C20H37N3O+. The molecule has 4 nitrogen and oxygen atoms in total. The van der Waals surface area contributed by atoms with Crippen LogP contribution in [0.25, 0.3) is 0 Å². The number of hydrogen-bond donors (Lipinski definition) is 1. The molecular weight excluding hydrogens is 298 g/mol. The molecule has 0 aromatic heterocycles. The molecule has 1 radical (unpaired) electrons. The molecule has 2 saturated carbocycles. The molecule has 0 aromatic rings. The molecule has 3 aliphatic rings. The van der Waals surface area contributed by atoms with Gasteiger partial charge in [0, 0.05) is 37.1 Å². The van der Waals surface area contributed by atoms with E-state index in [-0.39, 0.29) is 0 Å². The van der Waals surface area contributed by atoms with Crippen molar-refractivity contribution in [1.82, 2.24) is 4.90 Å². The van der Waals surface area contributed by atoms with E-state index in [1.54, 1.807) is 0 Å². The van der Waals surface area contributed by atoms with Crippen molar-refractivity contribution in [3.05, 3.63) is 0 Å². The van der Waals surface area contributed by atoms with Crippen molar-refractivity contribution in [2.45, 2.75) is 96.6 Å². The van der Waals surface area contributed by atoms with Crippen molar-refractivity contribution >= 4 is 5.71 Å². The molecule has 1 saturated heterocycles. The lowest BCUT2D eigenvalue weighted by Gasteiger charge is -2.50. The minimum Gasteiger partial charge on any atom is -0.327 e. The largest absolute Gasteiger partial charge is 0.327 e. The van der Waals surface area contributed by atoms with E-state index in [4.69, 9.17) is 15.5 Å². The Morgan fingerprint density at radius 3 is 2.54 bits per heavy atom. The maximum atomic E-state index is 6.78. The van der Waals surface area contributed by atoms with Crippen LogP contribution in [0.3, 0.4) is 0 Å². The van der Waals surface area contributed by atoms with Gasteiger partial charge in [-0.15, -0.1) is 4.74 Å². The third-order valence-electron chi connectivity index (χ3n) is 6.86. The smallest absolute Gasteiger partial charge is 0.248 e. The van der Waals surface area contributed by atoms with Gasteiger partial charge in [0.05, 0.1) is 18.0 Å². The lowest BCUT2D eigenvalue weighted by molar-refractivity contribution is -0.190. The molecule has 0 bridgehead atoms. The predicted molar refractivity (Wildman–Crippen MR) is 101 cm³/mol. The average molecular weight is 336 g/mol. The summed E-state index contributed by atoms with van der Waals surface area (Å²) in [6, 6.07) is 1.40. The van der Waals surface area contributed by atoms with Gasteiger partial charge in [-0.3, -0.25) is 9.89 Å². The summed E-state index contributed by atoms with van der Waals surface area (Å²) < 4.78 is 6.78. The van der Waals surface area contributed by atoms with Gasteiger partial charge in [-0.05, 0) is 39.2 Å². The van der Waals surface area contributed by atoms with Gasteiger partial charge in [-0.1, -0.05) is 20.8 Å². The summed E-state index contributed by atoms with van der Waals surface area (Å²) in [6.07, 6.45) is 7.61. The number of aliphatic imine (C=N–C) groups is 1. The molecule has 4 heteroatoms. The predicted octanol–water partition coefficient (Wildman–Crippen LogP) is 3.24. The van der Waals surface area contributed by atoms with Crippen LogP contribution < -0.4 is 5.73 Å². The minimum absolute atomic E-state index is 0.314. The zero-order valence-corrected chi connectivity index (χ0v) is 16.1. The third-order valence-corrected chi connectivity index (χ3v) is 6.86. The Labute approximate surface area is 148 Å². The van der Waals surface area contributed by atoms with Gasteiger partial charge in [0.15, 0.2) is 0 Å². The van der Waals surface area contributed by atoms with E-state index in [9.17, 15) is 0 Å². The summed E-state index contributed by atoms with van der Waals surface area (Å²) >= 11 is 0. The number of hydrogen-bond acceptors (Lipinski definition) is 4. The first-order valence-corrected chi connectivity index (χ1v) is 10.3. The summed E-state index contributed by atoms with van der Waals surface area (Å²) in [5.74, 6) is 1.13. The molecule has 24 heavy (non-hydrogen) atoms. The van der Waals surface area contributed by atoms with Crippen LogP contribution in [-0.2, 0) is 4.74 Å². The fraction of sp³-hybridized carbons (Fsp3) is 0.950. The second-order valence-electron chi connectivity index (χ2n) is 7.93. The van der Waals surface area contributed by atoms with Crippen LogP contribution in [-0.4, -0.2) is 54.0 Å². The van der Waals surface area contributed by atoms with Gasteiger partial charge in [0.25, 0.3) is 0 Å². The zero-order valence-electron chi connectivity index (χ0n) is 16.1. The monoisotopic (exact) mass is 335 g/mol. The van der Waals surface area contributed by atoms with Crippen LogP contribution in [0.1, 0.15) is 66.2 Å². The topological polar surface area (TPSA) is 52.9 Å². The van der Waals surface area contributed by atoms with Crippen molar-refractivity contribution < 1.29 is 4.74 Å². The molecule has 1 heterocycles. The van der Waals surface area contributed by atoms with Crippen LogP contribution in [0.2, 0.25) is 0 Å². The molecule has 7 unspecified atom stereocenters. The van der Waals surface area contributed by atoms with Crippen LogP contribution in [0.15, 0.2) is 4.99 Å². The average Bonchev–Trinajstić information content (AvgIpc) is 2.59. The summed E-state index contributed by atoms with van der Waals surface area (Å²) in [6.45, 7) is 11.1. The van der Waals surface area contributed by atoms with Crippen molar-refractivity contribution in [2.75, 3.05) is 13.1 Å². The molecule has 2 N–H and O–H groups in total. The van der Waals surface area contributed by atoms with Gasteiger partial charge in [-0.25, -0.2) is 0 Å². The number of morpholine rings is 1. The maximum Gasteiger partial charge on any atom is 0.248 e. The number of rotatable bonds is 4. The first kappa shape index (κ1) is 18.3. The molecule has 7 atom stereocenters. The second kappa shape index (κ2) is 7.84. The highest BCUT2D eigenvalue weighted by Crippen LogP contribution is 2.42. The van der Waals surface area contributed by atoms with Crippen molar-refractivity contribution in [2.24, 2.45) is 22.6 Å². The maximum absolute atomic E-state index is 6.78. The van der Waals surface area contributed by atoms with E-state index in [2.05, 4.69) is 32.6 Å². The van der Waals surface area contributed by atoms with Crippen LogP contribution in [0, 0.1) is 11.8 Å². The van der Waals surface area contributed by atoms with Crippen molar-refractivity contribution in [3.8, 4) is 0 Å². The Morgan fingerprint density at radius 1 is 1.12 bits per heavy atom. The molecule has 137 valence electrons. The zero-order chi connectivity index (χ0) is 17.3. The Hall–Kier alpha value is -0.450. The van der Waals surface area contributed by atoms with Crippen molar-refractivity contribution in [1.29, 1.82) is 0 Å². The lowest BCUT2D eigenvalue weighted by atomic mass is 9.72. The molecule has 3 rings (SSSR count). The van der Waals surface area contributed by atoms with E-state index >= 15 is 0 Å². The standard InChI is InChI=1S/C20H37N3O/c1-5-13-11-19-18(12-16(13)22-7-3)23(8-4)17-10-9-15(21)14(6-2)20(17)24-19/h13-15,17-20H,5-12,21H2,1-4H3/q+1. The van der Waals surface area contributed by atoms with Gasteiger partial charge in [-0.2, -0.15) is 0 Å². The van der Waals surface area contributed by atoms with E-state index in [1.807, 2.05) is 0 Å². The summed E-state index contributed by atoms with van der Waals surface area (Å²) in [4.78, 5) is 7.61. The molecule has 0 amide bonds. The Kier molecular flexibility index (Phi) is 5.99. The van der Waals surface area contributed by atoms with Gasteiger partial charge < -0.3 is 5.73 Å². The van der Waals surface area contributed by atoms with Gasteiger partial charge in [0.1, 0.15) is 0 Å². The first-order valence-electron chi connectivity index (χ1n) is 10.3. The number of nitrogens with zero attached hydrogens (tertiary/aromatic N) is 2. The molecule has 1 aliphatic heterocycles.